The molecule has 0 aliphatic heterocycles. The van der Waals surface area contributed by atoms with Gasteiger partial charge in [0, 0.05) is 0 Å². The van der Waals surface area contributed by atoms with Crippen LogP contribution in [0.25, 0.3) is 0 Å². The molecule has 0 aromatic heterocycles. The molecule has 0 aromatic rings. The summed E-state index contributed by atoms with van der Waals surface area (Å²) >= 11 is 0. The van der Waals surface area contributed by atoms with E-state index < -0.39 is 6.16 Å². The van der Waals surface area contributed by atoms with Gasteiger partial charge < -0.3 is 48.5 Å². The summed E-state index contributed by atoms with van der Waals surface area (Å²) in [5, 5.41) is 13.9. The zero-order chi connectivity index (χ0) is 3.58. The number of carboxylic acid groups (broad SMARTS) is 2. The minimum atomic E-state index is -1.83. The van der Waals surface area contributed by atoms with Crippen LogP contribution in [0.1, 0.15) is 0 Å². The van der Waals surface area contributed by atoms with Crippen molar-refractivity contribution in [1.29, 1.82) is 0 Å². The third-order valence-corrected chi connectivity index (χ3v) is 0. The van der Waals surface area contributed by atoms with Gasteiger partial charge in [-0.25, -0.2) is 4.79 Å². The van der Waals surface area contributed by atoms with E-state index in [0.29, 0.717) is 0 Å². The van der Waals surface area contributed by atoms with Crippen molar-refractivity contribution in [3.05, 3.63) is 0 Å². The van der Waals surface area contributed by atoms with Crippen LogP contribution >= 0.6 is 0 Å². The van der Waals surface area contributed by atoms with Crippen LogP contribution in [-0.4, -0.2) is 106 Å². The van der Waals surface area contributed by atoms with Gasteiger partial charge in [0.15, 0.2) is 0 Å². The van der Waals surface area contributed by atoms with Crippen molar-refractivity contribution in [3.63, 3.8) is 0 Å². The molecule has 0 unspecified atom stereocenters. The van der Waals surface area contributed by atoms with Crippen molar-refractivity contribution < 1.29 is 53.3 Å². The molecule has 0 spiro atoms. The van der Waals surface area contributed by atoms with E-state index in [9.17, 15) is 0 Å². The van der Waals surface area contributed by atoms with Gasteiger partial charge in [0.1, 0.15) is 0 Å². The van der Waals surface area contributed by atoms with Gasteiger partial charge >= 0.3 is 57.5 Å². The second-order valence-electron chi connectivity index (χ2n) is 0.283. The molecule has 0 bridgehead atoms. The van der Waals surface area contributed by atoms with Crippen molar-refractivity contribution in [2.75, 3.05) is 0 Å². The van der Waals surface area contributed by atoms with Crippen molar-refractivity contribution in [2.45, 2.75) is 0 Å². The molecular formula is CH17KO10. The second kappa shape index (κ2) is 99.8. The Morgan fingerprint density at radius 1 is 0.667 bits per heavy atom. The Labute approximate surface area is 110 Å². The van der Waals surface area contributed by atoms with E-state index in [0.717, 1.165) is 0 Å². The fraction of sp³-hybridized carbons (Fsp3) is 0. The third-order valence-electron chi connectivity index (χ3n) is 0. The zero-order valence-corrected chi connectivity index (χ0v) is 5.30. The van der Waals surface area contributed by atoms with Crippen LogP contribution in [0.15, 0.2) is 0 Å². The summed E-state index contributed by atoms with van der Waals surface area (Å²) in [6, 6.07) is 0. The summed E-state index contributed by atoms with van der Waals surface area (Å²) in [6.45, 7) is 0. The van der Waals surface area contributed by atoms with Crippen molar-refractivity contribution in [3.8, 4) is 0 Å². The molecule has 0 atom stereocenters. The van der Waals surface area contributed by atoms with E-state index in [4.69, 9.17) is 15.0 Å². The van der Waals surface area contributed by atoms with Crippen molar-refractivity contribution in [2.24, 2.45) is 0 Å². The van der Waals surface area contributed by atoms with E-state index in [1.807, 2.05) is 0 Å². The number of hydrogen-bond donors (Lipinski definition) is 2. The molecule has 0 amide bonds. The minimum absolute atomic E-state index is 0. The Hall–Kier alpha value is 0.626. The molecule has 11 heteroatoms. The quantitative estimate of drug-likeness (QED) is 0.382. The summed E-state index contributed by atoms with van der Waals surface area (Å²) in [6.07, 6.45) is -1.83. The molecule has 16 N–H and O–H groups in total. The fourth-order valence-electron chi connectivity index (χ4n) is 0. The van der Waals surface area contributed by atoms with E-state index in [-0.39, 0.29) is 89.7 Å². The zero-order valence-electron chi connectivity index (χ0n) is 5.30. The maximum absolute atomic E-state index is 8.56. The SMILES string of the molecule is O.O.O.O.O.O.O.O=C(O)O.[KH]. The average molecular weight is 228 g/mol. The Kier molecular flexibility index (Phi) is 1080. The standard InChI is InChI=1S/CH2O3.K.7H2O.H/c2-1(3)4;;;;;;;;;/h(H2,2,3,4);;7*1H2;. The summed E-state index contributed by atoms with van der Waals surface area (Å²) in [5.41, 5.74) is 0. The Bertz CT molecular complexity index is 32.8. The van der Waals surface area contributed by atoms with Crippen LogP contribution in [-0.2, 0) is 0 Å². The van der Waals surface area contributed by atoms with Gasteiger partial charge in [0.2, 0.25) is 0 Å². The van der Waals surface area contributed by atoms with Crippen molar-refractivity contribution >= 4 is 57.5 Å². The number of carbonyl (C=O) groups is 1. The maximum atomic E-state index is 8.56. The molecular weight excluding hydrogens is 211 g/mol. The van der Waals surface area contributed by atoms with Crippen LogP contribution < -0.4 is 0 Å². The second-order valence-corrected chi connectivity index (χ2v) is 0.283. The van der Waals surface area contributed by atoms with Crippen LogP contribution in [0.5, 0.6) is 0 Å². The molecule has 0 radical (unpaired) electrons. The molecule has 0 aliphatic rings. The van der Waals surface area contributed by atoms with Gasteiger partial charge in [0.25, 0.3) is 0 Å². The summed E-state index contributed by atoms with van der Waals surface area (Å²) < 4.78 is 0. The van der Waals surface area contributed by atoms with Gasteiger partial charge in [-0.2, -0.15) is 0 Å². The monoisotopic (exact) mass is 228 g/mol. The molecule has 0 fully saturated rings. The predicted molar refractivity (Wildman–Crippen MR) is 43.1 cm³/mol. The molecule has 0 heterocycles. The molecule has 10 nitrogen and oxygen atoms in total. The fourth-order valence-corrected chi connectivity index (χ4v) is 0. The van der Waals surface area contributed by atoms with Crippen LogP contribution in [0.3, 0.4) is 0 Å². The molecule has 82 valence electrons. The molecule has 0 aromatic carbocycles. The number of hydrogen-bond acceptors (Lipinski definition) is 1. The predicted octanol–water partition coefficient (Wildman–Crippen LogP) is -6.20. The van der Waals surface area contributed by atoms with E-state index >= 15 is 0 Å². The van der Waals surface area contributed by atoms with Gasteiger partial charge in [-0.3, -0.25) is 0 Å². The number of rotatable bonds is 0. The molecule has 0 rings (SSSR count). The van der Waals surface area contributed by atoms with E-state index in [1.165, 1.54) is 0 Å². The molecule has 0 saturated heterocycles. The van der Waals surface area contributed by atoms with Crippen LogP contribution in [0, 0.1) is 0 Å². The van der Waals surface area contributed by atoms with Gasteiger partial charge in [-0.15, -0.1) is 0 Å². The van der Waals surface area contributed by atoms with Gasteiger partial charge in [-0.05, 0) is 0 Å². The Morgan fingerprint density at radius 3 is 0.667 bits per heavy atom. The molecule has 0 saturated carbocycles. The van der Waals surface area contributed by atoms with Gasteiger partial charge in [0.05, 0.1) is 0 Å². The molecule has 12 heavy (non-hydrogen) atoms. The van der Waals surface area contributed by atoms with E-state index in [2.05, 4.69) is 0 Å². The van der Waals surface area contributed by atoms with Crippen LogP contribution in [0.4, 0.5) is 4.79 Å². The van der Waals surface area contributed by atoms with Crippen molar-refractivity contribution in [1.82, 2.24) is 0 Å². The topological polar surface area (TPSA) is 278 Å². The Morgan fingerprint density at radius 2 is 0.667 bits per heavy atom. The first-order valence-electron chi connectivity index (χ1n) is 0.651. The van der Waals surface area contributed by atoms with Gasteiger partial charge in [-0.1, -0.05) is 0 Å². The summed E-state index contributed by atoms with van der Waals surface area (Å²) in [7, 11) is 0. The third kappa shape index (κ3) is 2510. The first-order valence-corrected chi connectivity index (χ1v) is 0.651. The van der Waals surface area contributed by atoms with E-state index in [1.54, 1.807) is 0 Å². The summed E-state index contributed by atoms with van der Waals surface area (Å²) in [5.74, 6) is 0. The van der Waals surface area contributed by atoms with Crippen LogP contribution in [0.2, 0.25) is 0 Å². The average Bonchev–Trinajstić information content (AvgIpc) is 0.811. The Balaban J connectivity index is -0.00000000161. The molecule has 0 aliphatic carbocycles. The first kappa shape index (κ1) is 130. The first-order chi connectivity index (χ1) is 1.73. The normalized spacial score (nSPS) is 2.00. The summed E-state index contributed by atoms with van der Waals surface area (Å²) in [4.78, 5) is 8.56.